The minimum atomic E-state index is -0.0165. The van der Waals surface area contributed by atoms with Gasteiger partial charge in [0, 0.05) is 27.0 Å². The van der Waals surface area contributed by atoms with E-state index >= 15 is 0 Å². The van der Waals surface area contributed by atoms with Gasteiger partial charge in [-0.05, 0) is 37.8 Å². The summed E-state index contributed by atoms with van der Waals surface area (Å²) in [4.78, 5) is 1.85. The Hall–Kier alpha value is -0.0417. The number of likely N-dealkylation sites (tertiary alicyclic amines) is 1. The number of guanidine groups is 1. The molecule has 0 aromatic heterocycles. The van der Waals surface area contributed by atoms with Crippen molar-refractivity contribution >= 4 is 5.96 Å². The second-order valence-electron chi connectivity index (χ2n) is 3.92. The van der Waals surface area contributed by atoms with Crippen LogP contribution in [0, 0.1) is 17.2 Å². The van der Waals surface area contributed by atoms with Crippen molar-refractivity contribution in [2.45, 2.75) is 26.7 Å². The van der Waals surface area contributed by atoms with Crippen LogP contribution in [0.15, 0.2) is 0 Å². The van der Waals surface area contributed by atoms with Crippen LogP contribution >= 0.6 is 0 Å². The van der Waals surface area contributed by atoms with Gasteiger partial charge in [0.25, 0.3) is 0 Å². The Labute approximate surface area is 94.8 Å². The third-order valence-electron chi connectivity index (χ3n) is 2.80. The van der Waals surface area contributed by atoms with Crippen molar-refractivity contribution < 1.29 is 21.1 Å². The summed E-state index contributed by atoms with van der Waals surface area (Å²) < 4.78 is 0. The molecule has 1 fully saturated rings. The first-order valence-corrected chi connectivity index (χ1v) is 4.66. The van der Waals surface area contributed by atoms with E-state index in [1.54, 1.807) is 0 Å². The summed E-state index contributed by atoms with van der Waals surface area (Å²) in [7, 11) is 0. The van der Waals surface area contributed by atoms with Crippen LogP contribution in [0.1, 0.15) is 26.7 Å². The van der Waals surface area contributed by atoms with E-state index in [1.165, 1.54) is 0 Å². The zero-order chi connectivity index (χ0) is 9.14. The molecule has 76 valence electrons. The minimum Gasteiger partial charge on any atom is -0.427 e. The number of nitrogens with zero attached hydrogens (tertiary/aromatic N) is 1. The van der Waals surface area contributed by atoms with Gasteiger partial charge in [-0.3, -0.25) is 0 Å². The summed E-state index contributed by atoms with van der Waals surface area (Å²) in [6, 6.07) is 0. The molecule has 0 saturated carbocycles. The predicted octanol–water partition coefficient (Wildman–Crippen LogP) is 2.34. The van der Waals surface area contributed by atoms with E-state index in [1.807, 2.05) is 4.90 Å². The van der Waals surface area contributed by atoms with E-state index in [4.69, 9.17) is 11.1 Å². The number of rotatable bonds is 1. The first-order valence-electron chi connectivity index (χ1n) is 4.66. The van der Waals surface area contributed by atoms with Gasteiger partial charge >= 0.3 is 0 Å². The summed E-state index contributed by atoms with van der Waals surface area (Å²) in [5.74, 6) is 1.55. The van der Waals surface area contributed by atoms with Gasteiger partial charge in [0.05, 0.1) is 0 Å². The van der Waals surface area contributed by atoms with Crippen LogP contribution in [0.4, 0.5) is 0 Å². The molecular weight excluding hydrogens is 334 g/mol. The molecule has 0 amide bonds. The molecule has 0 aliphatic carbocycles. The molecule has 1 rings (SSSR count). The molecule has 0 radical (unpaired) electrons. The molecule has 1 saturated heterocycles. The fourth-order valence-corrected chi connectivity index (χ4v) is 1.79. The first kappa shape index (κ1) is 13.0. The van der Waals surface area contributed by atoms with Crippen molar-refractivity contribution in [2.24, 2.45) is 11.8 Å². The fourth-order valence-electron chi connectivity index (χ4n) is 1.79. The Morgan fingerprint density at radius 3 is 2.15 bits per heavy atom. The van der Waals surface area contributed by atoms with Crippen LogP contribution in [-0.2, 0) is 21.1 Å². The molecule has 0 bridgehead atoms. The second kappa shape index (κ2) is 5.64. The minimum absolute atomic E-state index is 0. The zero-order valence-electron chi connectivity index (χ0n) is 8.34. The van der Waals surface area contributed by atoms with Crippen molar-refractivity contribution in [2.75, 3.05) is 13.1 Å². The first-order chi connectivity index (χ1) is 5.61. The van der Waals surface area contributed by atoms with Crippen molar-refractivity contribution in [1.29, 1.82) is 5.41 Å². The topological polar surface area (TPSA) is 50.9 Å². The average molecular weight is 352 g/mol. The number of piperidine rings is 1. The average Bonchev–Trinajstić information content (AvgIpc) is 2.04. The number of nitrogens with one attached hydrogen (secondary N) is 2. The second-order valence-corrected chi connectivity index (χ2v) is 3.92. The fraction of sp³-hybridized carbons (Fsp3) is 0.889. The van der Waals surface area contributed by atoms with E-state index in [9.17, 15) is 0 Å². The van der Waals surface area contributed by atoms with Gasteiger partial charge in [-0.2, -0.15) is 0 Å². The molecule has 1 heterocycles. The normalized spacial score (nSPS) is 18.5. The summed E-state index contributed by atoms with van der Waals surface area (Å²) in [6.07, 6.45) is 2.30. The van der Waals surface area contributed by atoms with Crippen LogP contribution in [0.3, 0.4) is 0 Å². The quantitative estimate of drug-likeness (QED) is 0.572. The summed E-state index contributed by atoms with van der Waals surface area (Å²) >= 11 is 0. The molecule has 0 spiro atoms. The van der Waals surface area contributed by atoms with Crippen molar-refractivity contribution in [3.63, 3.8) is 0 Å². The molecule has 0 aromatic rings. The van der Waals surface area contributed by atoms with E-state index in [-0.39, 0.29) is 27.0 Å². The third-order valence-corrected chi connectivity index (χ3v) is 2.80. The smallest absolute Gasteiger partial charge is 0.00267 e. The SMILES string of the molecule is CC(C)C1CCN(C(=N)[NH-])CC1.[W]. The van der Waals surface area contributed by atoms with E-state index in [0.29, 0.717) is 0 Å². The van der Waals surface area contributed by atoms with Gasteiger partial charge in [-0.25, -0.2) is 0 Å². The number of hydrogen-bond donors (Lipinski definition) is 1. The van der Waals surface area contributed by atoms with Crippen LogP contribution in [-0.4, -0.2) is 23.9 Å². The van der Waals surface area contributed by atoms with Gasteiger partial charge < -0.3 is 16.0 Å². The summed E-state index contributed by atoms with van der Waals surface area (Å²) in [6.45, 7) is 6.33. The Balaban J connectivity index is 0.00000144. The molecule has 2 N–H and O–H groups in total. The maximum atomic E-state index is 7.15. The van der Waals surface area contributed by atoms with Crippen LogP contribution in [0.5, 0.6) is 0 Å². The van der Waals surface area contributed by atoms with E-state index in [0.717, 1.165) is 37.8 Å². The van der Waals surface area contributed by atoms with Crippen molar-refractivity contribution in [3.05, 3.63) is 5.73 Å². The Morgan fingerprint density at radius 2 is 1.85 bits per heavy atom. The predicted molar refractivity (Wildman–Crippen MR) is 51.2 cm³/mol. The summed E-state index contributed by atoms with van der Waals surface area (Å²) in [5, 5.41) is 7.15. The van der Waals surface area contributed by atoms with Crippen molar-refractivity contribution in [1.82, 2.24) is 4.90 Å². The van der Waals surface area contributed by atoms with Crippen LogP contribution in [0.25, 0.3) is 5.73 Å². The Kier molecular flexibility index (Phi) is 5.62. The molecular formula is C9H18N3W-. The molecule has 0 unspecified atom stereocenters. The van der Waals surface area contributed by atoms with Gasteiger partial charge in [0.1, 0.15) is 0 Å². The Morgan fingerprint density at radius 1 is 1.38 bits per heavy atom. The van der Waals surface area contributed by atoms with E-state index in [2.05, 4.69) is 13.8 Å². The van der Waals surface area contributed by atoms with Crippen molar-refractivity contribution in [3.8, 4) is 0 Å². The van der Waals surface area contributed by atoms with Gasteiger partial charge in [0.2, 0.25) is 0 Å². The zero-order valence-corrected chi connectivity index (χ0v) is 11.3. The van der Waals surface area contributed by atoms with Crippen LogP contribution in [0.2, 0.25) is 0 Å². The maximum absolute atomic E-state index is 7.15. The molecule has 0 aromatic carbocycles. The molecule has 13 heavy (non-hydrogen) atoms. The van der Waals surface area contributed by atoms with Gasteiger partial charge in [0.15, 0.2) is 0 Å². The van der Waals surface area contributed by atoms with Crippen LogP contribution < -0.4 is 0 Å². The van der Waals surface area contributed by atoms with E-state index < -0.39 is 0 Å². The Bertz CT molecular complexity index is 162. The monoisotopic (exact) mass is 352 g/mol. The molecule has 3 nitrogen and oxygen atoms in total. The standard InChI is InChI=1S/C9H18N3.W/c1-7(2)8-3-5-12(6-4-8)9(10)11;/h7-8H,3-6H2,1-2H3,(H2-,10,11);/q-1;. The van der Waals surface area contributed by atoms with Gasteiger partial charge in [-0.1, -0.05) is 13.8 Å². The maximum Gasteiger partial charge on any atom is 0.00267 e. The summed E-state index contributed by atoms with van der Waals surface area (Å²) in [5.41, 5.74) is 7.15. The largest absolute Gasteiger partial charge is 0.427 e. The molecule has 4 heteroatoms. The molecule has 1 aliphatic rings. The third kappa shape index (κ3) is 3.68. The molecule has 1 aliphatic heterocycles. The molecule has 0 atom stereocenters. The number of hydrogen-bond acceptors (Lipinski definition) is 1. The van der Waals surface area contributed by atoms with Gasteiger partial charge in [-0.15, -0.1) is 0 Å².